The molecular weight excluding hydrogens is 322 g/mol. The molecule has 0 saturated carbocycles. The van der Waals surface area contributed by atoms with Crippen molar-refractivity contribution < 1.29 is 4.74 Å². The van der Waals surface area contributed by atoms with E-state index in [1.807, 2.05) is 0 Å². The number of hydrogen-bond acceptors (Lipinski definition) is 5. The summed E-state index contributed by atoms with van der Waals surface area (Å²) in [5.41, 5.74) is 0. The highest BCUT2D eigenvalue weighted by atomic mass is 32.2. The molecular formula is C17H33N5OS. The minimum absolute atomic E-state index is 0.664. The SMILES string of the molecule is CCNC(=NCCN1CCSCC1)N1CCC(N2CCOCC2)C1. The van der Waals surface area contributed by atoms with E-state index in [0.29, 0.717) is 6.04 Å². The van der Waals surface area contributed by atoms with Crippen LogP contribution in [0.15, 0.2) is 4.99 Å². The van der Waals surface area contributed by atoms with Gasteiger partial charge in [-0.15, -0.1) is 0 Å². The van der Waals surface area contributed by atoms with Crippen LogP contribution in [0.1, 0.15) is 13.3 Å². The van der Waals surface area contributed by atoms with Crippen LogP contribution in [-0.4, -0.2) is 110 Å². The number of hydrogen-bond donors (Lipinski definition) is 1. The number of morpholine rings is 1. The van der Waals surface area contributed by atoms with Gasteiger partial charge < -0.3 is 15.0 Å². The van der Waals surface area contributed by atoms with E-state index >= 15 is 0 Å². The van der Waals surface area contributed by atoms with Crippen LogP contribution in [0.3, 0.4) is 0 Å². The topological polar surface area (TPSA) is 43.3 Å². The van der Waals surface area contributed by atoms with Crippen molar-refractivity contribution in [3.05, 3.63) is 0 Å². The van der Waals surface area contributed by atoms with Gasteiger partial charge in [-0.25, -0.2) is 0 Å². The lowest BCUT2D eigenvalue weighted by Gasteiger charge is -2.32. The molecule has 3 heterocycles. The summed E-state index contributed by atoms with van der Waals surface area (Å²) in [5.74, 6) is 3.66. The van der Waals surface area contributed by atoms with E-state index < -0.39 is 0 Å². The van der Waals surface area contributed by atoms with Crippen molar-refractivity contribution in [3.63, 3.8) is 0 Å². The highest BCUT2D eigenvalue weighted by Crippen LogP contribution is 2.17. The Bertz CT molecular complexity index is 396. The van der Waals surface area contributed by atoms with Gasteiger partial charge in [0, 0.05) is 69.9 Å². The molecule has 3 rings (SSSR count). The van der Waals surface area contributed by atoms with Crippen LogP contribution in [0.2, 0.25) is 0 Å². The van der Waals surface area contributed by atoms with Gasteiger partial charge in [0.2, 0.25) is 0 Å². The summed E-state index contributed by atoms with van der Waals surface area (Å²) < 4.78 is 5.49. The smallest absolute Gasteiger partial charge is 0.194 e. The molecule has 3 fully saturated rings. The molecule has 0 bridgehead atoms. The molecule has 3 saturated heterocycles. The van der Waals surface area contributed by atoms with Crippen molar-refractivity contribution in [1.82, 2.24) is 20.0 Å². The first-order valence-electron chi connectivity index (χ1n) is 9.52. The summed E-state index contributed by atoms with van der Waals surface area (Å²) in [6.07, 6.45) is 1.24. The van der Waals surface area contributed by atoms with E-state index in [9.17, 15) is 0 Å². The van der Waals surface area contributed by atoms with Crippen LogP contribution in [-0.2, 0) is 4.74 Å². The maximum absolute atomic E-state index is 5.49. The molecule has 1 unspecified atom stereocenters. The minimum Gasteiger partial charge on any atom is -0.379 e. The largest absolute Gasteiger partial charge is 0.379 e. The van der Waals surface area contributed by atoms with E-state index in [0.717, 1.165) is 65.0 Å². The lowest BCUT2D eigenvalue weighted by Crippen LogP contribution is -2.46. The Kier molecular flexibility index (Phi) is 7.51. The number of ether oxygens (including phenoxy) is 1. The average Bonchev–Trinajstić information content (AvgIpc) is 3.13. The molecule has 3 aliphatic rings. The number of guanidine groups is 1. The van der Waals surface area contributed by atoms with Gasteiger partial charge in [-0.2, -0.15) is 11.8 Å². The quantitative estimate of drug-likeness (QED) is 0.569. The molecule has 0 aromatic heterocycles. The van der Waals surface area contributed by atoms with Crippen molar-refractivity contribution in [3.8, 4) is 0 Å². The Labute approximate surface area is 151 Å². The summed E-state index contributed by atoms with van der Waals surface area (Å²) in [7, 11) is 0. The zero-order chi connectivity index (χ0) is 16.6. The molecule has 0 amide bonds. The van der Waals surface area contributed by atoms with Gasteiger partial charge in [0.25, 0.3) is 0 Å². The average molecular weight is 356 g/mol. The standard InChI is InChI=1S/C17H33N5OS/c1-2-18-17(19-4-6-20-9-13-24-14-10-20)22-5-3-16(15-22)21-7-11-23-12-8-21/h16H,2-15H2,1H3,(H,18,19). The maximum Gasteiger partial charge on any atom is 0.194 e. The number of likely N-dealkylation sites (tertiary alicyclic amines) is 1. The molecule has 0 spiro atoms. The zero-order valence-electron chi connectivity index (χ0n) is 15.1. The second-order valence-corrected chi connectivity index (χ2v) is 7.95. The summed E-state index contributed by atoms with van der Waals surface area (Å²) in [5, 5.41) is 3.50. The van der Waals surface area contributed by atoms with Gasteiger partial charge in [-0.3, -0.25) is 14.8 Å². The molecule has 7 heteroatoms. The number of thioether (sulfide) groups is 1. The van der Waals surface area contributed by atoms with Crippen LogP contribution in [0, 0.1) is 0 Å². The summed E-state index contributed by atoms with van der Waals surface area (Å²) in [4.78, 5) is 12.5. The maximum atomic E-state index is 5.49. The predicted molar refractivity (Wildman–Crippen MR) is 102 cm³/mol. The molecule has 3 aliphatic heterocycles. The molecule has 138 valence electrons. The molecule has 24 heavy (non-hydrogen) atoms. The van der Waals surface area contributed by atoms with Crippen molar-refractivity contribution in [2.45, 2.75) is 19.4 Å². The van der Waals surface area contributed by atoms with Crippen molar-refractivity contribution in [1.29, 1.82) is 0 Å². The summed E-state index contributed by atoms with van der Waals surface area (Å²) in [6, 6.07) is 0.664. The number of nitrogens with zero attached hydrogens (tertiary/aromatic N) is 4. The lowest BCUT2D eigenvalue weighted by molar-refractivity contribution is 0.0195. The number of nitrogens with one attached hydrogen (secondary N) is 1. The number of aliphatic imine (C=N–C) groups is 1. The fourth-order valence-corrected chi connectivity index (χ4v) is 4.70. The predicted octanol–water partition coefficient (Wildman–Crippen LogP) is 0.407. The Hall–Kier alpha value is -0.500. The molecule has 0 aromatic rings. The Morgan fingerprint density at radius 2 is 1.96 bits per heavy atom. The van der Waals surface area contributed by atoms with Crippen LogP contribution in [0.5, 0.6) is 0 Å². The fraction of sp³-hybridized carbons (Fsp3) is 0.941. The van der Waals surface area contributed by atoms with Crippen LogP contribution in [0.25, 0.3) is 0 Å². The van der Waals surface area contributed by atoms with E-state index in [1.54, 1.807) is 0 Å². The monoisotopic (exact) mass is 355 g/mol. The highest BCUT2D eigenvalue weighted by Gasteiger charge is 2.30. The molecule has 0 aliphatic carbocycles. The molecule has 1 atom stereocenters. The van der Waals surface area contributed by atoms with Gasteiger partial charge in [0.1, 0.15) is 0 Å². The minimum atomic E-state index is 0.664. The zero-order valence-corrected chi connectivity index (χ0v) is 15.9. The summed E-state index contributed by atoms with van der Waals surface area (Å²) in [6.45, 7) is 13.7. The fourth-order valence-electron chi connectivity index (χ4n) is 3.72. The Morgan fingerprint density at radius 1 is 1.17 bits per heavy atom. The molecule has 0 aromatic carbocycles. The molecule has 6 nitrogen and oxygen atoms in total. The second kappa shape index (κ2) is 9.85. The van der Waals surface area contributed by atoms with Gasteiger partial charge in [-0.05, 0) is 13.3 Å². The van der Waals surface area contributed by atoms with Gasteiger partial charge in [0.15, 0.2) is 5.96 Å². The van der Waals surface area contributed by atoms with E-state index in [2.05, 4.69) is 38.7 Å². The van der Waals surface area contributed by atoms with Crippen LogP contribution < -0.4 is 5.32 Å². The normalized spacial score (nSPS) is 27.6. The third-order valence-corrected chi connectivity index (χ3v) is 6.08. The van der Waals surface area contributed by atoms with Crippen molar-refractivity contribution in [2.75, 3.05) is 83.6 Å². The molecule has 0 radical (unpaired) electrons. The van der Waals surface area contributed by atoms with Crippen LogP contribution in [0.4, 0.5) is 0 Å². The van der Waals surface area contributed by atoms with Gasteiger partial charge in [-0.1, -0.05) is 0 Å². The third-order valence-electron chi connectivity index (χ3n) is 5.14. The highest BCUT2D eigenvalue weighted by molar-refractivity contribution is 7.99. The van der Waals surface area contributed by atoms with E-state index in [1.165, 1.54) is 31.0 Å². The Balaban J connectivity index is 1.48. The first-order chi connectivity index (χ1) is 11.9. The van der Waals surface area contributed by atoms with E-state index in [4.69, 9.17) is 9.73 Å². The molecule has 1 N–H and O–H groups in total. The van der Waals surface area contributed by atoms with E-state index in [-0.39, 0.29) is 0 Å². The van der Waals surface area contributed by atoms with Gasteiger partial charge in [0.05, 0.1) is 19.8 Å². The second-order valence-electron chi connectivity index (χ2n) is 6.73. The number of rotatable bonds is 5. The Morgan fingerprint density at radius 3 is 2.71 bits per heavy atom. The first-order valence-corrected chi connectivity index (χ1v) is 10.7. The summed E-state index contributed by atoms with van der Waals surface area (Å²) >= 11 is 2.07. The lowest BCUT2D eigenvalue weighted by atomic mass is 10.2. The van der Waals surface area contributed by atoms with Crippen molar-refractivity contribution >= 4 is 17.7 Å². The van der Waals surface area contributed by atoms with Crippen LogP contribution >= 0.6 is 11.8 Å². The third kappa shape index (κ3) is 5.25. The van der Waals surface area contributed by atoms with Gasteiger partial charge >= 0.3 is 0 Å². The first kappa shape index (κ1) is 18.3. The van der Waals surface area contributed by atoms with Crippen molar-refractivity contribution in [2.24, 2.45) is 4.99 Å².